The van der Waals surface area contributed by atoms with Crippen molar-refractivity contribution >= 4 is 5.96 Å². The Morgan fingerprint density at radius 3 is 2.77 bits per heavy atom. The minimum absolute atomic E-state index is 0.506. The zero-order valence-electron chi connectivity index (χ0n) is 16.1. The van der Waals surface area contributed by atoms with Gasteiger partial charge in [0.1, 0.15) is 12.4 Å². The maximum Gasteiger partial charge on any atom is 0.191 e. The highest BCUT2D eigenvalue weighted by molar-refractivity contribution is 5.79. The van der Waals surface area contributed by atoms with Crippen LogP contribution in [0.25, 0.3) is 11.3 Å². The van der Waals surface area contributed by atoms with Gasteiger partial charge < -0.3 is 20.4 Å². The molecule has 0 saturated heterocycles. The summed E-state index contributed by atoms with van der Waals surface area (Å²) in [5, 5.41) is 6.59. The Labute approximate surface area is 156 Å². The summed E-state index contributed by atoms with van der Waals surface area (Å²) in [7, 11) is 0. The molecule has 2 aromatic rings. The summed E-state index contributed by atoms with van der Waals surface area (Å²) in [6.45, 7) is 10.1. The van der Waals surface area contributed by atoms with Gasteiger partial charge in [-0.1, -0.05) is 44.2 Å². The molecule has 0 radical (unpaired) electrons. The van der Waals surface area contributed by atoms with Crippen LogP contribution >= 0.6 is 0 Å². The van der Waals surface area contributed by atoms with Crippen molar-refractivity contribution in [2.75, 3.05) is 26.3 Å². The molecule has 142 valence electrons. The molecule has 0 unspecified atom stereocenters. The first-order valence-electron chi connectivity index (χ1n) is 9.38. The third-order valence-corrected chi connectivity index (χ3v) is 3.65. The van der Waals surface area contributed by atoms with Crippen LogP contribution in [0.1, 0.15) is 33.0 Å². The van der Waals surface area contributed by atoms with Crippen LogP contribution in [-0.4, -0.2) is 42.2 Å². The predicted octanol–water partition coefficient (Wildman–Crippen LogP) is 3.19. The number of aromatic amines is 1. The Hall–Kier alpha value is -2.34. The largest absolute Gasteiger partial charge is 0.381 e. The maximum atomic E-state index is 5.60. The van der Waals surface area contributed by atoms with Gasteiger partial charge in [0, 0.05) is 26.3 Å². The molecule has 0 bridgehead atoms. The summed E-state index contributed by atoms with van der Waals surface area (Å²) >= 11 is 0. The molecule has 0 aliphatic carbocycles. The lowest BCUT2D eigenvalue weighted by atomic mass is 10.2. The van der Waals surface area contributed by atoms with Gasteiger partial charge in [-0.15, -0.1) is 0 Å². The number of H-pyrrole nitrogens is 1. The minimum Gasteiger partial charge on any atom is -0.381 e. The van der Waals surface area contributed by atoms with Crippen LogP contribution in [0.3, 0.4) is 0 Å². The smallest absolute Gasteiger partial charge is 0.191 e. The van der Waals surface area contributed by atoms with E-state index in [1.807, 2.05) is 24.4 Å². The topological polar surface area (TPSA) is 74.3 Å². The van der Waals surface area contributed by atoms with Crippen LogP contribution in [0, 0.1) is 5.92 Å². The van der Waals surface area contributed by atoms with Gasteiger partial charge in [0.15, 0.2) is 5.96 Å². The number of guanidine groups is 1. The van der Waals surface area contributed by atoms with E-state index in [4.69, 9.17) is 4.74 Å². The highest BCUT2D eigenvalue weighted by Crippen LogP contribution is 2.16. The number of aromatic nitrogens is 2. The molecule has 26 heavy (non-hydrogen) atoms. The van der Waals surface area contributed by atoms with Crippen LogP contribution in [0.4, 0.5) is 0 Å². The SMILES string of the molecule is CCNC(=NCc1ncc(-c2ccccc2)[nH]1)NCCCOCC(C)C. The van der Waals surface area contributed by atoms with Gasteiger partial charge in [-0.05, 0) is 24.8 Å². The Morgan fingerprint density at radius 1 is 1.23 bits per heavy atom. The molecule has 1 aromatic heterocycles. The second-order valence-corrected chi connectivity index (χ2v) is 6.55. The number of benzene rings is 1. The van der Waals surface area contributed by atoms with E-state index in [9.17, 15) is 0 Å². The fourth-order valence-electron chi connectivity index (χ4n) is 2.40. The normalized spacial score (nSPS) is 11.8. The third kappa shape index (κ3) is 7.27. The zero-order chi connectivity index (χ0) is 18.6. The van der Waals surface area contributed by atoms with E-state index in [0.717, 1.165) is 55.8 Å². The van der Waals surface area contributed by atoms with Crippen molar-refractivity contribution in [2.45, 2.75) is 33.7 Å². The fourth-order valence-corrected chi connectivity index (χ4v) is 2.40. The molecule has 6 heteroatoms. The lowest BCUT2D eigenvalue weighted by molar-refractivity contribution is 0.108. The molecular weight excluding hydrogens is 326 g/mol. The number of aliphatic imine (C=N–C) groups is 1. The third-order valence-electron chi connectivity index (χ3n) is 3.65. The summed E-state index contributed by atoms with van der Waals surface area (Å²) in [6, 6.07) is 10.2. The van der Waals surface area contributed by atoms with Crippen molar-refractivity contribution in [3.05, 3.63) is 42.4 Å². The van der Waals surface area contributed by atoms with Gasteiger partial charge in [-0.3, -0.25) is 0 Å². The Kier molecular flexibility index (Phi) is 8.69. The molecule has 2 rings (SSSR count). The standard InChI is InChI=1S/C20H31N5O/c1-4-21-20(22-11-8-12-26-15-16(2)3)24-14-19-23-13-18(25-19)17-9-6-5-7-10-17/h5-7,9-10,13,16H,4,8,11-12,14-15H2,1-3H3,(H,23,25)(H2,21,22,24). The minimum atomic E-state index is 0.506. The molecule has 0 fully saturated rings. The van der Waals surface area contributed by atoms with E-state index >= 15 is 0 Å². The Morgan fingerprint density at radius 2 is 2.04 bits per heavy atom. The molecular formula is C20H31N5O. The second-order valence-electron chi connectivity index (χ2n) is 6.55. The number of hydrogen-bond donors (Lipinski definition) is 3. The van der Waals surface area contributed by atoms with Crippen LogP contribution in [-0.2, 0) is 11.3 Å². The van der Waals surface area contributed by atoms with E-state index in [0.29, 0.717) is 12.5 Å². The van der Waals surface area contributed by atoms with Crippen molar-refractivity contribution in [2.24, 2.45) is 10.9 Å². The van der Waals surface area contributed by atoms with Crippen LogP contribution in [0.2, 0.25) is 0 Å². The first-order valence-corrected chi connectivity index (χ1v) is 9.38. The molecule has 1 heterocycles. The van der Waals surface area contributed by atoms with E-state index in [1.165, 1.54) is 0 Å². The van der Waals surface area contributed by atoms with Crippen molar-refractivity contribution in [1.29, 1.82) is 0 Å². The number of nitrogens with one attached hydrogen (secondary N) is 3. The quantitative estimate of drug-likeness (QED) is 0.347. The monoisotopic (exact) mass is 357 g/mol. The summed E-state index contributed by atoms with van der Waals surface area (Å²) in [6.07, 6.45) is 2.81. The Balaban J connectivity index is 1.80. The molecule has 6 nitrogen and oxygen atoms in total. The predicted molar refractivity (Wildman–Crippen MR) is 107 cm³/mol. The van der Waals surface area contributed by atoms with Gasteiger partial charge in [-0.25, -0.2) is 9.98 Å². The highest BCUT2D eigenvalue weighted by atomic mass is 16.5. The number of imidazole rings is 1. The van der Waals surface area contributed by atoms with Crippen molar-refractivity contribution < 1.29 is 4.74 Å². The van der Waals surface area contributed by atoms with Crippen molar-refractivity contribution in [3.8, 4) is 11.3 Å². The summed E-state index contributed by atoms with van der Waals surface area (Å²) < 4.78 is 5.60. The molecule has 0 saturated carbocycles. The van der Waals surface area contributed by atoms with Gasteiger partial charge >= 0.3 is 0 Å². The molecule has 0 aliphatic rings. The number of rotatable bonds is 10. The van der Waals surface area contributed by atoms with E-state index in [-0.39, 0.29) is 0 Å². The average molecular weight is 358 g/mol. The molecule has 0 spiro atoms. The van der Waals surface area contributed by atoms with Gasteiger partial charge in [0.05, 0.1) is 11.9 Å². The van der Waals surface area contributed by atoms with E-state index in [1.54, 1.807) is 0 Å². The Bertz CT molecular complexity index is 651. The molecule has 3 N–H and O–H groups in total. The van der Waals surface area contributed by atoms with Gasteiger partial charge in [0.2, 0.25) is 0 Å². The first-order chi connectivity index (χ1) is 12.7. The number of hydrogen-bond acceptors (Lipinski definition) is 3. The molecule has 0 aliphatic heterocycles. The van der Waals surface area contributed by atoms with Crippen LogP contribution in [0.5, 0.6) is 0 Å². The van der Waals surface area contributed by atoms with Crippen molar-refractivity contribution in [1.82, 2.24) is 20.6 Å². The first kappa shape index (κ1) is 20.0. The number of nitrogens with zero attached hydrogens (tertiary/aromatic N) is 2. The maximum absolute atomic E-state index is 5.60. The lowest BCUT2D eigenvalue weighted by Gasteiger charge is -2.11. The molecule has 1 aromatic carbocycles. The van der Waals surface area contributed by atoms with E-state index < -0.39 is 0 Å². The summed E-state index contributed by atoms with van der Waals surface area (Å²) in [5.41, 5.74) is 2.14. The fraction of sp³-hybridized carbons (Fsp3) is 0.500. The number of ether oxygens (including phenoxy) is 1. The second kappa shape index (κ2) is 11.3. The zero-order valence-corrected chi connectivity index (χ0v) is 16.1. The average Bonchev–Trinajstić information content (AvgIpc) is 3.12. The lowest BCUT2D eigenvalue weighted by Crippen LogP contribution is -2.38. The highest BCUT2D eigenvalue weighted by Gasteiger charge is 2.03. The van der Waals surface area contributed by atoms with Crippen molar-refractivity contribution in [3.63, 3.8) is 0 Å². The molecule has 0 atom stereocenters. The van der Waals surface area contributed by atoms with E-state index in [2.05, 4.69) is 58.5 Å². The van der Waals surface area contributed by atoms with Gasteiger partial charge in [-0.2, -0.15) is 0 Å². The van der Waals surface area contributed by atoms with Crippen LogP contribution in [0.15, 0.2) is 41.5 Å². The summed E-state index contributed by atoms with van der Waals surface area (Å²) in [4.78, 5) is 12.3. The molecule has 0 amide bonds. The summed E-state index contributed by atoms with van der Waals surface area (Å²) in [5.74, 6) is 2.23. The van der Waals surface area contributed by atoms with Gasteiger partial charge in [0.25, 0.3) is 0 Å². The van der Waals surface area contributed by atoms with Crippen LogP contribution < -0.4 is 10.6 Å².